The van der Waals surface area contributed by atoms with E-state index in [2.05, 4.69) is 16.9 Å². The molecule has 4 heteroatoms. The van der Waals surface area contributed by atoms with E-state index in [0.29, 0.717) is 5.25 Å². The molecule has 1 fully saturated rings. The molecule has 3 nitrogen and oxygen atoms in total. The van der Waals surface area contributed by atoms with Crippen LogP contribution in [0, 0.1) is 0 Å². The van der Waals surface area contributed by atoms with E-state index in [1.165, 1.54) is 0 Å². The first-order chi connectivity index (χ1) is 4.24. The quantitative estimate of drug-likeness (QED) is 0.393. The molecule has 9 heavy (non-hydrogen) atoms. The van der Waals surface area contributed by atoms with E-state index in [4.69, 9.17) is 5.84 Å². The summed E-state index contributed by atoms with van der Waals surface area (Å²) in [5, 5.41) is 5.21. The van der Waals surface area contributed by atoms with Crippen molar-refractivity contribution >= 4 is 16.9 Å². The summed E-state index contributed by atoms with van der Waals surface area (Å²) in [4.78, 5) is 2.06. The lowest BCUT2D eigenvalue weighted by atomic mass is 10.4. The van der Waals surface area contributed by atoms with Crippen LogP contribution in [0.25, 0.3) is 0 Å². The summed E-state index contributed by atoms with van der Waals surface area (Å²) in [7, 11) is 2.00. The second-order valence-electron chi connectivity index (χ2n) is 2.22. The Balaban J connectivity index is 2.58. The third kappa shape index (κ3) is 1.30. The molecule has 0 unspecified atom stereocenters. The highest BCUT2D eigenvalue weighted by atomic mass is 32.2. The van der Waals surface area contributed by atoms with Gasteiger partial charge in [-0.05, 0) is 0 Å². The van der Waals surface area contributed by atoms with Gasteiger partial charge in [0.2, 0.25) is 0 Å². The maximum Gasteiger partial charge on any atom is 0.182 e. The zero-order chi connectivity index (χ0) is 6.85. The predicted octanol–water partition coefficient (Wildman–Crippen LogP) is 0.283. The number of thioether (sulfide) groups is 1. The number of hydrogen-bond acceptors (Lipinski definition) is 3. The third-order valence-corrected chi connectivity index (χ3v) is 2.45. The van der Waals surface area contributed by atoms with Crippen LogP contribution in [-0.4, -0.2) is 28.9 Å². The summed E-state index contributed by atoms with van der Waals surface area (Å²) in [5.41, 5.74) is 0. The largest absolute Gasteiger partial charge is 0.352 e. The van der Waals surface area contributed by atoms with Crippen molar-refractivity contribution in [1.29, 1.82) is 0 Å². The number of hydrazone groups is 1. The average molecular weight is 145 g/mol. The van der Waals surface area contributed by atoms with Gasteiger partial charge in [-0.3, -0.25) is 0 Å². The number of hydrogen-bond donors (Lipinski definition) is 1. The SMILES string of the molecule is C[C@@H]1CN(C)/C(=N/N)S1. The van der Waals surface area contributed by atoms with Crippen LogP contribution in [-0.2, 0) is 0 Å². The Morgan fingerprint density at radius 2 is 2.56 bits per heavy atom. The molecule has 1 aliphatic heterocycles. The van der Waals surface area contributed by atoms with Gasteiger partial charge in [0.15, 0.2) is 5.17 Å². The number of amidine groups is 1. The standard InChI is InChI=1S/C5H11N3S/c1-4-3-8(2)5(7-6)9-4/h4H,3,6H2,1-2H3/b7-5-/t4-/m1/s1. The summed E-state index contributed by atoms with van der Waals surface area (Å²) in [6.45, 7) is 3.22. The second-order valence-corrected chi connectivity index (χ2v) is 3.63. The Bertz CT molecular complexity index is 134. The minimum atomic E-state index is 0.636. The maximum atomic E-state index is 5.11. The second kappa shape index (κ2) is 2.47. The predicted molar refractivity (Wildman–Crippen MR) is 41.3 cm³/mol. The van der Waals surface area contributed by atoms with Gasteiger partial charge in [-0.1, -0.05) is 18.7 Å². The van der Waals surface area contributed by atoms with Crippen molar-refractivity contribution in [3.63, 3.8) is 0 Å². The monoisotopic (exact) mass is 145 g/mol. The van der Waals surface area contributed by atoms with Crippen LogP contribution < -0.4 is 5.84 Å². The Labute approximate surface area is 59.3 Å². The Hall–Kier alpha value is -0.380. The maximum absolute atomic E-state index is 5.11. The van der Waals surface area contributed by atoms with E-state index in [1.807, 2.05) is 7.05 Å². The zero-order valence-electron chi connectivity index (χ0n) is 5.66. The van der Waals surface area contributed by atoms with Gasteiger partial charge < -0.3 is 10.7 Å². The molecule has 0 radical (unpaired) electrons. The van der Waals surface area contributed by atoms with Gasteiger partial charge in [0.1, 0.15) is 0 Å². The van der Waals surface area contributed by atoms with Crippen molar-refractivity contribution in [2.45, 2.75) is 12.2 Å². The Kier molecular flexibility index (Phi) is 1.85. The van der Waals surface area contributed by atoms with Crippen LogP contribution in [0.5, 0.6) is 0 Å². The molecule has 1 aliphatic rings. The lowest BCUT2D eigenvalue weighted by Crippen LogP contribution is -2.20. The van der Waals surface area contributed by atoms with Crippen molar-refractivity contribution in [1.82, 2.24) is 4.90 Å². The zero-order valence-corrected chi connectivity index (χ0v) is 6.48. The summed E-state index contributed by atoms with van der Waals surface area (Å²) in [6.07, 6.45) is 0. The minimum Gasteiger partial charge on any atom is -0.352 e. The van der Waals surface area contributed by atoms with E-state index in [0.717, 1.165) is 11.7 Å². The van der Waals surface area contributed by atoms with Crippen LogP contribution >= 0.6 is 11.8 Å². The van der Waals surface area contributed by atoms with Gasteiger partial charge in [-0.2, -0.15) is 5.10 Å². The van der Waals surface area contributed by atoms with Gasteiger partial charge in [0.25, 0.3) is 0 Å². The van der Waals surface area contributed by atoms with E-state index >= 15 is 0 Å². The van der Waals surface area contributed by atoms with E-state index in [9.17, 15) is 0 Å². The highest BCUT2D eigenvalue weighted by Crippen LogP contribution is 2.22. The molecule has 0 aromatic heterocycles. The summed E-state index contributed by atoms with van der Waals surface area (Å²) < 4.78 is 0. The number of rotatable bonds is 0. The van der Waals surface area contributed by atoms with Gasteiger partial charge in [-0.25, -0.2) is 0 Å². The lowest BCUT2D eigenvalue weighted by molar-refractivity contribution is 0.531. The summed E-state index contributed by atoms with van der Waals surface area (Å²) >= 11 is 1.72. The first-order valence-corrected chi connectivity index (χ1v) is 3.77. The van der Waals surface area contributed by atoms with Crippen molar-refractivity contribution in [2.24, 2.45) is 10.9 Å². The smallest absolute Gasteiger partial charge is 0.182 e. The topological polar surface area (TPSA) is 41.6 Å². The van der Waals surface area contributed by atoms with Gasteiger partial charge >= 0.3 is 0 Å². The lowest BCUT2D eigenvalue weighted by Gasteiger charge is -2.07. The normalized spacial score (nSPS) is 32.0. The fourth-order valence-electron chi connectivity index (χ4n) is 0.900. The van der Waals surface area contributed by atoms with Gasteiger partial charge in [0.05, 0.1) is 0 Å². The molecule has 1 saturated heterocycles. The molecule has 2 N–H and O–H groups in total. The van der Waals surface area contributed by atoms with Crippen LogP contribution in [0.1, 0.15) is 6.92 Å². The van der Waals surface area contributed by atoms with Crippen molar-refractivity contribution in [3.05, 3.63) is 0 Å². The third-order valence-electron chi connectivity index (χ3n) is 1.27. The van der Waals surface area contributed by atoms with Crippen LogP contribution in [0.3, 0.4) is 0 Å². The Morgan fingerprint density at radius 3 is 2.78 bits per heavy atom. The molecule has 0 saturated carbocycles. The average Bonchev–Trinajstić information content (AvgIpc) is 2.10. The summed E-state index contributed by atoms with van der Waals surface area (Å²) in [5.74, 6) is 5.11. The molecule has 0 aliphatic carbocycles. The highest BCUT2D eigenvalue weighted by Gasteiger charge is 2.21. The molecule has 0 bridgehead atoms. The number of nitrogens with two attached hydrogens (primary N) is 1. The van der Waals surface area contributed by atoms with Crippen molar-refractivity contribution in [3.8, 4) is 0 Å². The molecule has 52 valence electrons. The van der Waals surface area contributed by atoms with Gasteiger partial charge in [-0.15, -0.1) is 0 Å². The molecule has 1 rings (SSSR count). The van der Waals surface area contributed by atoms with Gasteiger partial charge in [0, 0.05) is 18.8 Å². The highest BCUT2D eigenvalue weighted by molar-refractivity contribution is 8.14. The molecular formula is C5H11N3S. The van der Waals surface area contributed by atoms with E-state index in [-0.39, 0.29) is 0 Å². The molecule has 0 aromatic rings. The van der Waals surface area contributed by atoms with Crippen LogP contribution in [0.2, 0.25) is 0 Å². The molecular weight excluding hydrogens is 134 g/mol. The number of nitrogens with zero attached hydrogens (tertiary/aromatic N) is 2. The Morgan fingerprint density at radius 1 is 1.89 bits per heavy atom. The molecule has 1 atom stereocenters. The van der Waals surface area contributed by atoms with Crippen LogP contribution in [0.4, 0.5) is 0 Å². The first kappa shape index (κ1) is 6.74. The van der Waals surface area contributed by atoms with Crippen LogP contribution in [0.15, 0.2) is 5.10 Å². The molecule has 0 amide bonds. The fraction of sp³-hybridized carbons (Fsp3) is 0.800. The van der Waals surface area contributed by atoms with Crippen molar-refractivity contribution in [2.75, 3.05) is 13.6 Å². The summed E-state index contributed by atoms with van der Waals surface area (Å²) in [6, 6.07) is 0. The molecule has 1 heterocycles. The minimum absolute atomic E-state index is 0.636. The van der Waals surface area contributed by atoms with E-state index < -0.39 is 0 Å². The van der Waals surface area contributed by atoms with E-state index in [1.54, 1.807) is 11.8 Å². The van der Waals surface area contributed by atoms with Crippen molar-refractivity contribution < 1.29 is 0 Å². The molecule has 0 spiro atoms. The fourth-order valence-corrected chi connectivity index (χ4v) is 1.87. The first-order valence-electron chi connectivity index (χ1n) is 2.89. The molecule has 0 aromatic carbocycles.